The summed E-state index contributed by atoms with van der Waals surface area (Å²) in [5.41, 5.74) is 0. The molecule has 0 aromatic heterocycles. The number of rotatable bonds is 2. The molecule has 0 spiro atoms. The van der Waals surface area contributed by atoms with E-state index in [1.54, 1.807) is 0 Å². The molecule has 0 aliphatic carbocycles. The maximum atomic E-state index is 8.07. The molecule has 0 aliphatic rings. The van der Waals surface area contributed by atoms with Gasteiger partial charge in [0.15, 0.2) is 0 Å². The zero-order valence-corrected chi connectivity index (χ0v) is 5.96. The summed E-state index contributed by atoms with van der Waals surface area (Å²) in [5.74, 6) is 0. The molecule has 0 aromatic rings. The molecule has 3 N–H and O–H groups in total. The van der Waals surface area contributed by atoms with Gasteiger partial charge in [-0.15, -0.1) is 10.4 Å². The Morgan fingerprint density at radius 3 is 2.38 bits per heavy atom. The minimum absolute atomic E-state index is 0.346. The Labute approximate surface area is 51.4 Å². The summed E-state index contributed by atoms with van der Waals surface area (Å²) in [6, 6.07) is 1.95. The van der Waals surface area contributed by atoms with Gasteiger partial charge in [0, 0.05) is 0 Å². The maximum absolute atomic E-state index is 8.07. The van der Waals surface area contributed by atoms with Crippen molar-refractivity contribution in [1.29, 1.82) is 5.26 Å². The molecule has 3 nitrogen and oxygen atoms in total. The van der Waals surface area contributed by atoms with Gasteiger partial charge in [0.1, 0.15) is 0 Å². The van der Waals surface area contributed by atoms with E-state index >= 15 is 0 Å². The number of nitrogens with two attached hydrogens (primary N) is 1. The first-order chi connectivity index (χ1) is 3.56. The molecular formula is C4H11N3S. The number of nitrogens with one attached hydrogen (secondary N) is 1. The van der Waals surface area contributed by atoms with Crippen molar-refractivity contribution in [2.24, 2.45) is 5.14 Å². The second kappa shape index (κ2) is 2.92. The summed E-state index contributed by atoms with van der Waals surface area (Å²) in [5, 5.41) is 13.6. The molecule has 0 rings (SSSR count). The Morgan fingerprint density at radius 1 is 1.75 bits per heavy atom. The van der Waals surface area contributed by atoms with Gasteiger partial charge in [0.05, 0.1) is 12.6 Å². The molecule has 0 radical (unpaired) electrons. The fourth-order valence-corrected chi connectivity index (χ4v) is 0.655. The van der Waals surface area contributed by atoms with Crippen molar-refractivity contribution in [3.05, 3.63) is 0 Å². The minimum atomic E-state index is -1.16. The minimum Gasteiger partial charge on any atom is -0.284 e. The van der Waals surface area contributed by atoms with Crippen LogP contribution in [0.1, 0.15) is 0 Å². The normalized spacial score (nSPS) is 12.8. The van der Waals surface area contributed by atoms with Crippen LogP contribution < -0.4 is 9.86 Å². The summed E-state index contributed by atoms with van der Waals surface area (Å²) < 4.78 is 2.87. The topological polar surface area (TPSA) is 61.8 Å². The Hall–Kier alpha value is -0.240. The first kappa shape index (κ1) is 7.76. The van der Waals surface area contributed by atoms with Gasteiger partial charge in [-0.05, 0) is 12.5 Å². The van der Waals surface area contributed by atoms with Crippen LogP contribution in [0.15, 0.2) is 0 Å². The van der Waals surface area contributed by atoms with Crippen LogP contribution in [-0.4, -0.2) is 19.1 Å². The Bertz CT molecular complexity index is 98.8. The van der Waals surface area contributed by atoms with Crippen LogP contribution >= 0.6 is 10.4 Å². The van der Waals surface area contributed by atoms with Gasteiger partial charge in [0.25, 0.3) is 0 Å². The van der Waals surface area contributed by atoms with E-state index in [0.717, 1.165) is 0 Å². The summed E-state index contributed by atoms with van der Waals surface area (Å²) >= 11 is 0. The molecule has 8 heavy (non-hydrogen) atoms. The lowest BCUT2D eigenvalue weighted by molar-refractivity contribution is 1.11. The zero-order chi connectivity index (χ0) is 6.62. The van der Waals surface area contributed by atoms with E-state index in [1.165, 1.54) is 0 Å². The molecule has 0 unspecified atom stereocenters. The van der Waals surface area contributed by atoms with E-state index in [1.807, 2.05) is 18.6 Å². The molecule has 0 amide bonds. The van der Waals surface area contributed by atoms with Crippen LogP contribution in [0.4, 0.5) is 0 Å². The molecule has 48 valence electrons. The van der Waals surface area contributed by atoms with Crippen LogP contribution in [0.25, 0.3) is 0 Å². The lowest BCUT2D eigenvalue weighted by atomic mass is 10.8. The Balaban J connectivity index is 3.28. The van der Waals surface area contributed by atoms with Crippen molar-refractivity contribution in [3.63, 3.8) is 0 Å². The highest BCUT2D eigenvalue weighted by Crippen LogP contribution is 2.21. The lowest BCUT2D eigenvalue weighted by Crippen LogP contribution is -2.25. The zero-order valence-electron chi connectivity index (χ0n) is 5.14. The van der Waals surface area contributed by atoms with Gasteiger partial charge in [0.2, 0.25) is 0 Å². The second-order valence-electron chi connectivity index (χ2n) is 1.88. The fourth-order valence-electron chi connectivity index (χ4n) is 0.218. The second-order valence-corrected chi connectivity index (χ2v) is 4.99. The Morgan fingerprint density at radius 2 is 2.25 bits per heavy atom. The van der Waals surface area contributed by atoms with E-state index in [2.05, 4.69) is 4.72 Å². The number of hydrogen-bond donors (Lipinski definition) is 2. The van der Waals surface area contributed by atoms with Crippen molar-refractivity contribution in [2.75, 3.05) is 19.1 Å². The van der Waals surface area contributed by atoms with Crippen molar-refractivity contribution in [2.45, 2.75) is 0 Å². The quantitative estimate of drug-likeness (QED) is 0.519. The van der Waals surface area contributed by atoms with Crippen LogP contribution in [0.3, 0.4) is 0 Å². The highest BCUT2D eigenvalue weighted by molar-refractivity contribution is 8.29. The van der Waals surface area contributed by atoms with Gasteiger partial charge < -0.3 is 0 Å². The van der Waals surface area contributed by atoms with Gasteiger partial charge in [-0.3, -0.25) is 9.86 Å². The standard InChI is InChI=1S/C4H11N3S/c1-8(2,6)7-4-3-5/h7H,4,6H2,1-2H3. The van der Waals surface area contributed by atoms with Gasteiger partial charge in [-0.25, -0.2) is 0 Å². The van der Waals surface area contributed by atoms with Crippen molar-refractivity contribution >= 4 is 10.4 Å². The molecule has 4 heteroatoms. The van der Waals surface area contributed by atoms with E-state index in [-0.39, 0.29) is 0 Å². The molecule has 0 aliphatic heterocycles. The summed E-state index contributed by atoms with van der Waals surface area (Å²) in [4.78, 5) is 0. The largest absolute Gasteiger partial charge is 0.284 e. The lowest BCUT2D eigenvalue weighted by Gasteiger charge is -2.24. The monoisotopic (exact) mass is 133 g/mol. The van der Waals surface area contributed by atoms with E-state index in [0.29, 0.717) is 6.54 Å². The summed E-state index contributed by atoms with van der Waals surface area (Å²) in [6.07, 6.45) is 3.79. The summed E-state index contributed by atoms with van der Waals surface area (Å²) in [7, 11) is -1.16. The summed E-state index contributed by atoms with van der Waals surface area (Å²) in [6.45, 7) is 0.346. The molecule has 0 fully saturated rings. The average molecular weight is 133 g/mol. The third-order valence-electron chi connectivity index (χ3n) is 0.523. The number of nitrogens with zero attached hydrogens (tertiary/aromatic N) is 1. The smallest absolute Gasteiger partial charge is 0.0927 e. The molecule has 0 bridgehead atoms. The van der Waals surface area contributed by atoms with Crippen LogP contribution in [-0.2, 0) is 0 Å². The molecule has 0 aromatic carbocycles. The molecule has 0 heterocycles. The third kappa shape index (κ3) is 5.76. The maximum Gasteiger partial charge on any atom is 0.0927 e. The van der Waals surface area contributed by atoms with Crippen LogP contribution in [0, 0.1) is 11.3 Å². The molecule has 0 atom stereocenters. The average Bonchev–Trinajstić information content (AvgIpc) is 1.59. The Kier molecular flexibility index (Phi) is 2.84. The highest BCUT2D eigenvalue weighted by Gasteiger charge is 1.98. The number of nitriles is 1. The van der Waals surface area contributed by atoms with Gasteiger partial charge >= 0.3 is 0 Å². The molecule has 0 saturated carbocycles. The van der Waals surface area contributed by atoms with Crippen molar-refractivity contribution < 1.29 is 0 Å². The van der Waals surface area contributed by atoms with E-state index in [4.69, 9.17) is 10.4 Å². The van der Waals surface area contributed by atoms with E-state index < -0.39 is 10.4 Å². The fraction of sp³-hybridized carbons (Fsp3) is 0.750. The molecular weight excluding hydrogens is 122 g/mol. The SMILES string of the molecule is CS(C)(N)NCC#N. The first-order valence-corrected chi connectivity index (χ1v) is 4.70. The van der Waals surface area contributed by atoms with Crippen molar-refractivity contribution in [1.82, 2.24) is 4.72 Å². The third-order valence-corrected chi connectivity index (χ3v) is 1.41. The van der Waals surface area contributed by atoms with Gasteiger partial charge in [-0.2, -0.15) is 5.26 Å². The number of hydrogen-bond acceptors (Lipinski definition) is 3. The van der Waals surface area contributed by atoms with Crippen LogP contribution in [0.5, 0.6) is 0 Å². The predicted octanol–water partition coefficient (Wildman–Crippen LogP) is -0.0475. The van der Waals surface area contributed by atoms with Crippen LogP contribution in [0.2, 0.25) is 0 Å². The van der Waals surface area contributed by atoms with E-state index in [9.17, 15) is 0 Å². The highest BCUT2D eigenvalue weighted by atomic mass is 32.3. The predicted molar refractivity (Wildman–Crippen MR) is 37.2 cm³/mol. The molecule has 0 saturated heterocycles. The first-order valence-electron chi connectivity index (χ1n) is 2.19. The van der Waals surface area contributed by atoms with Crippen molar-refractivity contribution in [3.8, 4) is 6.07 Å². The van der Waals surface area contributed by atoms with Gasteiger partial charge in [-0.1, -0.05) is 0 Å².